The lowest BCUT2D eigenvalue weighted by atomic mass is 10.2. The van der Waals surface area contributed by atoms with Gasteiger partial charge in [0.05, 0.1) is 0 Å². The summed E-state index contributed by atoms with van der Waals surface area (Å²) in [5.74, 6) is 2.47. The smallest absolute Gasteiger partial charge is 0.198 e. The molecule has 0 unspecified atom stereocenters. The van der Waals surface area contributed by atoms with E-state index in [4.69, 9.17) is 10.7 Å². The van der Waals surface area contributed by atoms with Crippen LogP contribution < -0.4 is 0 Å². The Kier molecular flexibility index (Phi) is 3.35. The fraction of sp³-hybridized carbons (Fsp3) is 0.111. The highest BCUT2D eigenvalue weighted by Crippen LogP contribution is 1.99. The Morgan fingerprint density at radius 1 is 1.23 bits per heavy atom. The molecule has 68 valence electrons. The van der Waals surface area contributed by atoms with E-state index in [1.807, 2.05) is 35.6 Å². The Hall–Kier alpha value is -0.980. The summed E-state index contributed by atoms with van der Waals surface area (Å²) in [6.45, 7) is 0. The Bertz CT molecular complexity index is 426. The van der Waals surface area contributed by atoms with Gasteiger partial charge in [-0.25, -0.2) is 0 Å². The summed E-state index contributed by atoms with van der Waals surface area (Å²) in [6.07, 6.45) is 0.396. The van der Waals surface area contributed by atoms with Gasteiger partial charge in [-0.1, -0.05) is 36.3 Å². The molecule has 0 aromatic heterocycles. The van der Waals surface area contributed by atoms with Crippen molar-refractivity contribution in [2.24, 2.45) is 0 Å². The first-order valence-electron chi connectivity index (χ1n) is 3.56. The number of rotatable bonds is 1. The Morgan fingerprint density at radius 2 is 1.85 bits per heavy atom. The monoisotopic (exact) mass is 214 g/mol. The molecule has 0 saturated carbocycles. The van der Waals surface area contributed by atoms with Crippen molar-refractivity contribution < 1.29 is 8.42 Å². The van der Waals surface area contributed by atoms with E-state index >= 15 is 0 Å². The number of halogens is 1. The summed E-state index contributed by atoms with van der Waals surface area (Å²) >= 11 is 0. The quantitative estimate of drug-likeness (QED) is 0.527. The topological polar surface area (TPSA) is 34.1 Å². The molecule has 0 spiro atoms. The van der Waals surface area contributed by atoms with E-state index < -0.39 is 9.05 Å². The molecule has 0 aliphatic rings. The van der Waals surface area contributed by atoms with Crippen molar-refractivity contribution >= 4 is 19.7 Å². The molecule has 1 aromatic rings. The number of hydrogen-bond acceptors (Lipinski definition) is 2. The number of benzene rings is 1. The first-order valence-corrected chi connectivity index (χ1v) is 5.87. The van der Waals surface area contributed by atoms with Crippen molar-refractivity contribution in [2.75, 3.05) is 0 Å². The van der Waals surface area contributed by atoms with E-state index in [9.17, 15) is 8.42 Å². The van der Waals surface area contributed by atoms with Crippen molar-refractivity contribution in [1.82, 2.24) is 0 Å². The van der Waals surface area contributed by atoms with Crippen molar-refractivity contribution in [1.29, 1.82) is 0 Å². The maximum absolute atomic E-state index is 10.4. The molecular formula is C9H7ClO2S. The molecule has 0 aliphatic heterocycles. The van der Waals surface area contributed by atoms with Gasteiger partial charge in [0.25, 0.3) is 0 Å². The minimum atomic E-state index is -3.68. The minimum Gasteiger partial charge on any atom is -0.198 e. The molecule has 0 aliphatic carbocycles. The second-order valence-electron chi connectivity index (χ2n) is 2.38. The van der Waals surface area contributed by atoms with Gasteiger partial charge in [0.1, 0.15) is 0 Å². The summed E-state index contributed by atoms with van der Waals surface area (Å²) in [6, 6.07) is 9.36. The zero-order valence-electron chi connectivity index (χ0n) is 6.70. The SMILES string of the molecule is O=S(=O)(Cl)C#CCc1ccccc1. The van der Waals surface area contributed by atoms with Crippen LogP contribution in [0.15, 0.2) is 30.3 Å². The van der Waals surface area contributed by atoms with E-state index in [1.54, 1.807) is 0 Å². The van der Waals surface area contributed by atoms with Crippen LogP contribution in [0.5, 0.6) is 0 Å². The average molecular weight is 215 g/mol. The van der Waals surface area contributed by atoms with Crippen LogP contribution in [-0.2, 0) is 15.5 Å². The lowest BCUT2D eigenvalue weighted by Crippen LogP contribution is -1.83. The molecule has 0 saturated heterocycles. The minimum absolute atomic E-state index is 0.396. The molecule has 0 heterocycles. The third kappa shape index (κ3) is 4.56. The largest absolute Gasteiger partial charge is 0.300 e. The van der Waals surface area contributed by atoms with Crippen LogP contribution in [0.25, 0.3) is 0 Å². The highest BCUT2D eigenvalue weighted by molar-refractivity contribution is 8.17. The molecule has 0 bridgehead atoms. The zero-order valence-corrected chi connectivity index (χ0v) is 8.27. The van der Waals surface area contributed by atoms with Gasteiger partial charge in [-0.05, 0) is 5.56 Å². The first kappa shape index (κ1) is 10.1. The van der Waals surface area contributed by atoms with E-state index in [1.165, 1.54) is 0 Å². The van der Waals surface area contributed by atoms with E-state index in [0.29, 0.717) is 6.42 Å². The van der Waals surface area contributed by atoms with Crippen molar-refractivity contribution in [3.05, 3.63) is 35.9 Å². The van der Waals surface area contributed by atoms with Crippen LogP contribution in [0.4, 0.5) is 0 Å². The lowest BCUT2D eigenvalue weighted by Gasteiger charge is -1.90. The summed E-state index contributed by atoms with van der Waals surface area (Å²) in [7, 11) is 1.21. The maximum Gasteiger partial charge on any atom is 0.300 e. The van der Waals surface area contributed by atoms with Crippen LogP contribution in [-0.4, -0.2) is 8.42 Å². The van der Waals surface area contributed by atoms with Gasteiger partial charge >= 0.3 is 9.05 Å². The fourth-order valence-corrected chi connectivity index (χ4v) is 1.23. The summed E-state index contributed by atoms with van der Waals surface area (Å²) in [5.41, 5.74) is 0.968. The van der Waals surface area contributed by atoms with Gasteiger partial charge in [-0.15, -0.1) is 0 Å². The van der Waals surface area contributed by atoms with E-state index in [2.05, 4.69) is 5.92 Å². The molecule has 13 heavy (non-hydrogen) atoms. The summed E-state index contributed by atoms with van der Waals surface area (Å²) < 4.78 is 20.8. The van der Waals surface area contributed by atoms with E-state index in [0.717, 1.165) is 5.56 Å². The van der Waals surface area contributed by atoms with Gasteiger partial charge < -0.3 is 0 Å². The predicted octanol–water partition coefficient (Wildman–Crippen LogP) is 1.76. The van der Waals surface area contributed by atoms with Gasteiger partial charge in [-0.3, -0.25) is 0 Å². The molecule has 0 radical (unpaired) electrons. The molecule has 1 aromatic carbocycles. The fourth-order valence-electron chi connectivity index (χ4n) is 0.820. The predicted molar refractivity (Wildman–Crippen MR) is 52.7 cm³/mol. The van der Waals surface area contributed by atoms with Gasteiger partial charge in [0.2, 0.25) is 0 Å². The van der Waals surface area contributed by atoms with Crippen LogP contribution in [0, 0.1) is 11.2 Å². The molecule has 0 atom stereocenters. The average Bonchev–Trinajstić information content (AvgIpc) is 2.04. The molecule has 1 rings (SSSR count). The molecular weight excluding hydrogens is 208 g/mol. The van der Waals surface area contributed by atoms with Crippen molar-refractivity contribution in [3.63, 3.8) is 0 Å². The molecule has 0 amide bonds. The van der Waals surface area contributed by atoms with Gasteiger partial charge in [0.15, 0.2) is 0 Å². The maximum atomic E-state index is 10.4. The van der Waals surface area contributed by atoms with Crippen LogP contribution in [0.1, 0.15) is 5.56 Å². The van der Waals surface area contributed by atoms with Crippen LogP contribution in [0.2, 0.25) is 0 Å². The van der Waals surface area contributed by atoms with Crippen LogP contribution >= 0.6 is 10.7 Å². The van der Waals surface area contributed by atoms with Gasteiger partial charge in [0, 0.05) is 22.4 Å². The Morgan fingerprint density at radius 3 is 2.38 bits per heavy atom. The van der Waals surface area contributed by atoms with E-state index in [-0.39, 0.29) is 0 Å². The third-order valence-corrected chi connectivity index (χ3v) is 1.95. The molecule has 0 fully saturated rings. The standard InChI is InChI=1S/C9H7ClO2S/c10-13(11,12)8-4-7-9-5-2-1-3-6-9/h1-3,5-6H,7H2. The second-order valence-corrected chi connectivity index (χ2v) is 4.68. The lowest BCUT2D eigenvalue weighted by molar-refractivity contribution is 0.618. The Labute approximate surface area is 82.0 Å². The molecule has 4 heteroatoms. The van der Waals surface area contributed by atoms with Crippen LogP contribution in [0.3, 0.4) is 0 Å². The molecule has 2 nitrogen and oxygen atoms in total. The second kappa shape index (κ2) is 4.31. The Balaban J connectivity index is 2.67. The summed E-state index contributed by atoms with van der Waals surface area (Å²) in [5, 5.41) is 1.96. The normalized spacial score (nSPS) is 10.2. The van der Waals surface area contributed by atoms with Crippen molar-refractivity contribution in [2.45, 2.75) is 6.42 Å². The third-order valence-electron chi connectivity index (χ3n) is 1.33. The molecule has 0 N–H and O–H groups in total. The van der Waals surface area contributed by atoms with Crippen molar-refractivity contribution in [3.8, 4) is 11.2 Å². The number of hydrogen-bond donors (Lipinski definition) is 0. The summed E-state index contributed by atoms with van der Waals surface area (Å²) in [4.78, 5) is 0. The first-order chi connectivity index (χ1) is 6.08. The highest BCUT2D eigenvalue weighted by Gasteiger charge is 1.94. The van der Waals surface area contributed by atoms with Gasteiger partial charge in [-0.2, -0.15) is 8.42 Å². The highest BCUT2D eigenvalue weighted by atomic mass is 35.7. The zero-order chi connectivity index (χ0) is 9.73.